The van der Waals surface area contributed by atoms with E-state index in [0.29, 0.717) is 11.3 Å². The molecule has 0 aliphatic carbocycles. The number of nitro groups is 1. The maximum Gasteiger partial charge on any atom is 0.270 e. The van der Waals surface area contributed by atoms with E-state index in [-0.39, 0.29) is 24.2 Å². The van der Waals surface area contributed by atoms with Crippen molar-refractivity contribution in [1.82, 2.24) is 14.9 Å². The number of non-ortho nitro benzene ring substituents is 1. The van der Waals surface area contributed by atoms with Gasteiger partial charge >= 0.3 is 0 Å². The van der Waals surface area contributed by atoms with Crippen molar-refractivity contribution in [2.24, 2.45) is 0 Å². The summed E-state index contributed by atoms with van der Waals surface area (Å²) in [6, 6.07) is 11.1. The molecule has 1 amide bonds. The number of nitrogens with one attached hydrogen (secondary N) is 1. The summed E-state index contributed by atoms with van der Waals surface area (Å²) in [4.78, 5) is 39.1. The summed E-state index contributed by atoms with van der Waals surface area (Å²) >= 11 is 0. The van der Waals surface area contributed by atoms with Crippen LogP contribution >= 0.6 is 0 Å². The van der Waals surface area contributed by atoms with Crippen LogP contribution in [0.25, 0.3) is 10.9 Å². The molecule has 2 aromatic carbocycles. The lowest BCUT2D eigenvalue weighted by atomic mass is 10.2. The molecule has 0 atom stereocenters. The molecular formula is C18H16N4O5. The molecule has 0 bridgehead atoms. The number of fused-ring (bicyclic) bond motifs is 1. The summed E-state index contributed by atoms with van der Waals surface area (Å²) in [7, 11) is 1.54. The lowest BCUT2D eigenvalue weighted by molar-refractivity contribution is -0.384. The maximum absolute atomic E-state index is 12.5. The van der Waals surface area contributed by atoms with Gasteiger partial charge in [-0.05, 0) is 12.1 Å². The second-order valence-electron chi connectivity index (χ2n) is 5.72. The fourth-order valence-electron chi connectivity index (χ4n) is 2.63. The Morgan fingerprint density at radius 3 is 2.81 bits per heavy atom. The first kappa shape index (κ1) is 18.1. The second-order valence-corrected chi connectivity index (χ2v) is 5.72. The van der Waals surface area contributed by atoms with E-state index in [1.165, 1.54) is 18.5 Å². The molecule has 0 spiro atoms. The molecule has 1 aromatic heterocycles. The zero-order valence-electron chi connectivity index (χ0n) is 14.4. The molecule has 27 heavy (non-hydrogen) atoms. The molecule has 1 heterocycles. The average Bonchev–Trinajstić information content (AvgIpc) is 2.68. The third-order valence-electron chi connectivity index (χ3n) is 4.00. The summed E-state index contributed by atoms with van der Waals surface area (Å²) in [6.45, 7) is -0.0102. The van der Waals surface area contributed by atoms with Crippen LogP contribution in [0, 0.1) is 10.1 Å². The summed E-state index contributed by atoms with van der Waals surface area (Å²) in [5.74, 6) is 0.254. The number of nitro benzene ring substituents is 1. The Labute approximate surface area is 153 Å². The number of aromatic nitrogens is 2. The fourth-order valence-corrected chi connectivity index (χ4v) is 2.63. The third kappa shape index (κ3) is 3.92. The topological polar surface area (TPSA) is 116 Å². The third-order valence-corrected chi connectivity index (χ3v) is 4.00. The Morgan fingerprint density at radius 1 is 1.30 bits per heavy atom. The van der Waals surface area contributed by atoms with Crippen LogP contribution in [0.2, 0.25) is 0 Å². The number of amides is 1. The summed E-state index contributed by atoms with van der Waals surface area (Å²) in [6.07, 6.45) is 1.25. The van der Waals surface area contributed by atoms with E-state index in [4.69, 9.17) is 4.74 Å². The van der Waals surface area contributed by atoms with Gasteiger partial charge in [-0.3, -0.25) is 24.3 Å². The Morgan fingerprint density at radius 2 is 2.07 bits per heavy atom. The molecule has 0 aliphatic heterocycles. The van der Waals surface area contributed by atoms with Crippen LogP contribution in [0.5, 0.6) is 5.75 Å². The van der Waals surface area contributed by atoms with Gasteiger partial charge in [0.05, 0.1) is 29.3 Å². The SMILES string of the molecule is COc1ccccc1CNC(=O)Cn1cnc2ccc([N+](=O)[O-])cc2c1=O. The monoisotopic (exact) mass is 368 g/mol. The Bertz CT molecular complexity index is 1080. The molecule has 3 aromatic rings. The number of methoxy groups -OCH3 is 1. The minimum absolute atomic E-state index is 0.0872. The van der Waals surface area contributed by atoms with Crippen LogP contribution in [0.1, 0.15) is 5.56 Å². The maximum atomic E-state index is 12.5. The number of hydrogen-bond donors (Lipinski definition) is 1. The number of carbonyl (C=O) groups is 1. The number of para-hydroxylation sites is 1. The van der Waals surface area contributed by atoms with Crippen molar-refractivity contribution in [1.29, 1.82) is 0 Å². The molecule has 0 aliphatic rings. The van der Waals surface area contributed by atoms with Crippen molar-refractivity contribution >= 4 is 22.5 Å². The standard InChI is InChI=1S/C18H16N4O5/c1-27-16-5-3-2-4-12(16)9-19-17(23)10-21-11-20-15-7-6-13(22(25)26)8-14(15)18(21)24/h2-8,11H,9-10H2,1H3,(H,19,23). The predicted molar refractivity (Wildman–Crippen MR) is 97.5 cm³/mol. The lowest BCUT2D eigenvalue weighted by Crippen LogP contribution is -2.32. The number of hydrogen-bond acceptors (Lipinski definition) is 6. The van der Waals surface area contributed by atoms with Gasteiger partial charge in [0.1, 0.15) is 12.3 Å². The van der Waals surface area contributed by atoms with Crippen molar-refractivity contribution in [2.45, 2.75) is 13.1 Å². The quantitative estimate of drug-likeness (QED) is 0.522. The van der Waals surface area contributed by atoms with Crippen molar-refractivity contribution < 1.29 is 14.5 Å². The molecule has 0 fully saturated rings. The van der Waals surface area contributed by atoms with Gasteiger partial charge in [0.15, 0.2) is 0 Å². The van der Waals surface area contributed by atoms with E-state index in [2.05, 4.69) is 10.3 Å². The van der Waals surface area contributed by atoms with Crippen LogP contribution in [0.15, 0.2) is 53.6 Å². The minimum atomic E-state index is -0.587. The van der Waals surface area contributed by atoms with Gasteiger partial charge in [0.2, 0.25) is 5.91 Å². The van der Waals surface area contributed by atoms with Gasteiger partial charge in [-0.2, -0.15) is 0 Å². The highest BCUT2D eigenvalue weighted by Crippen LogP contribution is 2.17. The van der Waals surface area contributed by atoms with Crippen molar-refractivity contribution in [3.63, 3.8) is 0 Å². The predicted octanol–water partition coefficient (Wildman–Crippen LogP) is 1.63. The molecule has 0 saturated carbocycles. The number of nitrogens with zero attached hydrogens (tertiary/aromatic N) is 3. The van der Waals surface area contributed by atoms with Crippen LogP contribution in [0.4, 0.5) is 5.69 Å². The van der Waals surface area contributed by atoms with Gasteiger partial charge in [-0.25, -0.2) is 4.98 Å². The lowest BCUT2D eigenvalue weighted by Gasteiger charge is -2.10. The zero-order valence-corrected chi connectivity index (χ0v) is 14.4. The summed E-state index contributed by atoms with van der Waals surface area (Å²) in [5, 5.41) is 13.7. The first-order valence-corrected chi connectivity index (χ1v) is 8.02. The normalized spacial score (nSPS) is 10.6. The smallest absolute Gasteiger partial charge is 0.270 e. The van der Waals surface area contributed by atoms with Crippen molar-refractivity contribution in [3.8, 4) is 5.75 Å². The number of rotatable bonds is 6. The summed E-state index contributed by atoms with van der Waals surface area (Å²) < 4.78 is 6.34. The highest BCUT2D eigenvalue weighted by atomic mass is 16.6. The molecule has 0 radical (unpaired) electrons. The Hall–Kier alpha value is -3.75. The fraction of sp³-hybridized carbons (Fsp3) is 0.167. The molecular weight excluding hydrogens is 352 g/mol. The highest BCUT2D eigenvalue weighted by molar-refractivity contribution is 5.80. The Balaban J connectivity index is 1.77. The van der Waals surface area contributed by atoms with Crippen LogP contribution < -0.4 is 15.6 Å². The van der Waals surface area contributed by atoms with E-state index in [1.807, 2.05) is 18.2 Å². The summed E-state index contributed by atoms with van der Waals surface area (Å²) in [5.41, 5.74) is 0.403. The Kier molecular flexibility index (Phi) is 5.11. The van der Waals surface area contributed by atoms with Gasteiger partial charge in [-0.1, -0.05) is 18.2 Å². The van der Waals surface area contributed by atoms with E-state index in [0.717, 1.165) is 16.2 Å². The first-order chi connectivity index (χ1) is 13.0. The van der Waals surface area contributed by atoms with Crippen LogP contribution in [-0.2, 0) is 17.9 Å². The van der Waals surface area contributed by atoms with E-state index >= 15 is 0 Å². The van der Waals surface area contributed by atoms with E-state index in [9.17, 15) is 19.7 Å². The number of carbonyl (C=O) groups excluding carboxylic acids is 1. The molecule has 1 N–H and O–H groups in total. The number of ether oxygens (including phenoxy) is 1. The van der Waals surface area contributed by atoms with Crippen molar-refractivity contribution in [2.75, 3.05) is 7.11 Å². The van der Waals surface area contributed by atoms with E-state index < -0.39 is 16.4 Å². The van der Waals surface area contributed by atoms with Gasteiger partial charge in [-0.15, -0.1) is 0 Å². The molecule has 0 unspecified atom stereocenters. The van der Waals surface area contributed by atoms with E-state index in [1.54, 1.807) is 13.2 Å². The van der Waals surface area contributed by atoms with Crippen LogP contribution in [-0.4, -0.2) is 27.5 Å². The molecule has 3 rings (SSSR count). The molecule has 9 nitrogen and oxygen atoms in total. The average molecular weight is 368 g/mol. The molecule has 138 valence electrons. The van der Waals surface area contributed by atoms with Gasteiger partial charge in [0, 0.05) is 24.2 Å². The number of benzene rings is 2. The van der Waals surface area contributed by atoms with Crippen molar-refractivity contribution in [3.05, 3.63) is 74.8 Å². The minimum Gasteiger partial charge on any atom is -0.496 e. The second kappa shape index (κ2) is 7.65. The first-order valence-electron chi connectivity index (χ1n) is 8.02. The van der Waals surface area contributed by atoms with Crippen LogP contribution in [0.3, 0.4) is 0 Å². The molecule has 9 heteroatoms. The molecule has 0 saturated heterocycles. The zero-order chi connectivity index (χ0) is 19.4. The highest BCUT2D eigenvalue weighted by Gasteiger charge is 2.13. The van der Waals surface area contributed by atoms with Gasteiger partial charge < -0.3 is 10.1 Å². The largest absolute Gasteiger partial charge is 0.496 e. The van der Waals surface area contributed by atoms with Gasteiger partial charge in [0.25, 0.3) is 11.2 Å².